The Morgan fingerprint density at radius 1 is 1.07 bits per heavy atom. The lowest BCUT2D eigenvalue weighted by molar-refractivity contribution is -0.116. The molecule has 0 aliphatic carbocycles. The quantitative estimate of drug-likeness (QED) is 0.666. The molecule has 0 saturated heterocycles. The first-order valence-electron chi connectivity index (χ1n) is 8.37. The van der Waals surface area contributed by atoms with Gasteiger partial charge >= 0.3 is 0 Å². The Morgan fingerprint density at radius 3 is 2.33 bits per heavy atom. The average molecular weight is 380 g/mol. The lowest BCUT2D eigenvalue weighted by Gasteiger charge is -2.18. The first-order valence-corrected chi connectivity index (χ1v) is 9.60. The van der Waals surface area contributed by atoms with Gasteiger partial charge in [-0.2, -0.15) is 0 Å². The zero-order valence-electron chi connectivity index (χ0n) is 15.1. The molecule has 0 bridgehead atoms. The first kappa shape index (κ1) is 18.7. The van der Waals surface area contributed by atoms with E-state index in [-0.39, 0.29) is 18.4 Å². The topological polar surface area (TPSA) is 67.2 Å². The number of amides is 2. The second-order valence-corrected chi connectivity index (χ2v) is 6.65. The number of carbonyl (C=O) groups is 2. The zero-order chi connectivity index (χ0) is 19.2. The molecule has 2 aromatic carbocycles. The maximum absolute atomic E-state index is 12.9. The van der Waals surface area contributed by atoms with E-state index in [9.17, 15) is 9.59 Å². The summed E-state index contributed by atoms with van der Waals surface area (Å²) in [5.74, 6) is -0.525. The highest BCUT2D eigenvalue weighted by molar-refractivity contribution is 7.98. The molecule has 0 aliphatic rings. The van der Waals surface area contributed by atoms with Gasteiger partial charge in [0.1, 0.15) is 5.69 Å². The molecule has 0 saturated carbocycles. The second-order valence-electron chi connectivity index (χ2n) is 5.88. The number of benzene rings is 2. The van der Waals surface area contributed by atoms with E-state index in [0.717, 1.165) is 5.69 Å². The fraction of sp³-hybridized carbons (Fsp3) is 0.150. The largest absolute Gasteiger partial charge is 0.331 e. The maximum atomic E-state index is 12.9. The van der Waals surface area contributed by atoms with E-state index in [1.807, 2.05) is 54.8 Å². The molecule has 3 rings (SSSR count). The van der Waals surface area contributed by atoms with E-state index in [1.54, 1.807) is 29.9 Å². The van der Waals surface area contributed by atoms with Crippen molar-refractivity contribution in [3.05, 3.63) is 72.6 Å². The monoisotopic (exact) mass is 380 g/mol. The van der Waals surface area contributed by atoms with Crippen LogP contribution in [-0.2, 0) is 4.79 Å². The van der Waals surface area contributed by atoms with Gasteiger partial charge in [-0.15, -0.1) is 0 Å². The highest BCUT2D eigenvalue weighted by Crippen LogP contribution is 2.22. The molecule has 3 aromatic rings. The second kappa shape index (κ2) is 8.55. The number of imidazole rings is 1. The van der Waals surface area contributed by atoms with E-state index in [2.05, 4.69) is 10.3 Å². The Kier molecular flexibility index (Phi) is 5.93. The van der Waals surface area contributed by atoms with Crippen LogP contribution in [0.5, 0.6) is 0 Å². The summed E-state index contributed by atoms with van der Waals surface area (Å²) in [5, 5.41) is 3.50. The van der Waals surface area contributed by atoms with Crippen molar-refractivity contribution in [2.75, 3.05) is 25.2 Å². The van der Waals surface area contributed by atoms with Crippen LogP contribution >= 0.6 is 11.8 Å². The molecule has 138 valence electrons. The number of hydrogen-bond acceptors (Lipinski definition) is 4. The van der Waals surface area contributed by atoms with Crippen molar-refractivity contribution in [2.45, 2.75) is 5.16 Å². The fourth-order valence-electron chi connectivity index (χ4n) is 2.66. The summed E-state index contributed by atoms with van der Waals surface area (Å²) in [4.78, 5) is 30.9. The van der Waals surface area contributed by atoms with Gasteiger partial charge in [0, 0.05) is 18.4 Å². The van der Waals surface area contributed by atoms with Gasteiger partial charge in [0.2, 0.25) is 5.91 Å². The molecule has 0 radical (unpaired) electrons. The number of likely N-dealkylation sites (N-methyl/N-ethyl adjacent to an activating group) is 1. The van der Waals surface area contributed by atoms with Crippen molar-refractivity contribution < 1.29 is 9.59 Å². The summed E-state index contributed by atoms with van der Waals surface area (Å²) in [6.07, 6.45) is 3.46. The van der Waals surface area contributed by atoms with E-state index in [0.29, 0.717) is 16.5 Å². The molecule has 1 N–H and O–H groups in total. The number of para-hydroxylation sites is 2. The minimum Gasteiger partial charge on any atom is -0.331 e. The number of anilines is 1. The van der Waals surface area contributed by atoms with Crippen LogP contribution in [0.4, 0.5) is 5.69 Å². The van der Waals surface area contributed by atoms with Gasteiger partial charge < -0.3 is 10.2 Å². The Balaban J connectivity index is 1.77. The van der Waals surface area contributed by atoms with Crippen molar-refractivity contribution in [1.29, 1.82) is 0 Å². The van der Waals surface area contributed by atoms with Crippen LogP contribution in [0.15, 0.2) is 72.0 Å². The molecule has 7 heteroatoms. The number of nitrogens with one attached hydrogen (secondary N) is 1. The molecule has 27 heavy (non-hydrogen) atoms. The smallest absolute Gasteiger partial charge is 0.272 e. The Labute approximate surface area is 162 Å². The van der Waals surface area contributed by atoms with Crippen molar-refractivity contribution in [2.24, 2.45) is 0 Å². The Morgan fingerprint density at radius 2 is 1.70 bits per heavy atom. The standard InChI is InChI=1S/C20H20N4O2S/c1-23(14-18(25)22-15-9-5-3-6-10-15)19(26)17-13-21-20(27-2)24(17)16-11-7-4-8-12-16/h3-13H,14H2,1-2H3,(H,22,25). The van der Waals surface area contributed by atoms with Gasteiger partial charge in [0.15, 0.2) is 5.16 Å². The fourth-order valence-corrected chi connectivity index (χ4v) is 3.21. The SMILES string of the molecule is CSc1ncc(C(=O)N(C)CC(=O)Nc2ccccc2)n1-c1ccccc1. The van der Waals surface area contributed by atoms with E-state index < -0.39 is 0 Å². The van der Waals surface area contributed by atoms with Crippen LogP contribution in [0.2, 0.25) is 0 Å². The van der Waals surface area contributed by atoms with Gasteiger partial charge in [0.25, 0.3) is 5.91 Å². The Bertz CT molecular complexity index is 926. The van der Waals surface area contributed by atoms with Crippen LogP contribution in [0.3, 0.4) is 0 Å². The first-order chi connectivity index (χ1) is 13.1. The maximum Gasteiger partial charge on any atom is 0.272 e. The third-order valence-corrected chi connectivity index (χ3v) is 4.58. The third-order valence-electron chi connectivity index (χ3n) is 3.93. The molecule has 0 fully saturated rings. The normalized spacial score (nSPS) is 10.4. The molecule has 2 amide bonds. The van der Waals surface area contributed by atoms with Crippen LogP contribution in [0.25, 0.3) is 5.69 Å². The molecule has 0 unspecified atom stereocenters. The molecule has 0 atom stereocenters. The Hall–Kier alpha value is -3.06. The summed E-state index contributed by atoms with van der Waals surface area (Å²) >= 11 is 1.46. The van der Waals surface area contributed by atoms with Crippen LogP contribution in [0, 0.1) is 0 Å². The summed E-state index contributed by atoms with van der Waals surface area (Å²) in [5.41, 5.74) is 1.97. The molecule has 0 aliphatic heterocycles. The van der Waals surface area contributed by atoms with Gasteiger partial charge in [-0.25, -0.2) is 4.98 Å². The van der Waals surface area contributed by atoms with E-state index in [1.165, 1.54) is 16.7 Å². The van der Waals surface area contributed by atoms with E-state index >= 15 is 0 Å². The van der Waals surface area contributed by atoms with Gasteiger partial charge in [0.05, 0.1) is 12.7 Å². The van der Waals surface area contributed by atoms with Crippen LogP contribution < -0.4 is 5.32 Å². The van der Waals surface area contributed by atoms with Gasteiger partial charge in [-0.1, -0.05) is 48.2 Å². The highest BCUT2D eigenvalue weighted by atomic mass is 32.2. The molecule has 0 spiro atoms. The lowest BCUT2D eigenvalue weighted by atomic mass is 10.3. The summed E-state index contributed by atoms with van der Waals surface area (Å²) in [7, 11) is 1.61. The molecular weight excluding hydrogens is 360 g/mol. The predicted octanol–water partition coefficient (Wildman–Crippen LogP) is 3.30. The number of carbonyl (C=O) groups excluding carboxylic acids is 2. The van der Waals surface area contributed by atoms with Gasteiger partial charge in [-0.3, -0.25) is 14.2 Å². The highest BCUT2D eigenvalue weighted by Gasteiger charge is 2.22. The number of nitrogens with zero attached hydrogens (tertiary/aromatic N) is 3. The van der Waals surface area contributed by atoms with Crippen molar-refractivity contribution in [3.63, 3.8) is 0 Å². The summed E-state index contributed by atoms with van der Waals surface area (Å²) in [6.45, 7) is -0.0533. The zero-order valence-corrected chi connectivity index (χ0v) is 15.9. The third kappa shape index (κ3) is 4.38. The van der Waals surface area contributed by atoms with Crippen LogP contribution in [0.1, 0.15) is 10.5 Å². The van der Waals surface area contributed by atoms with Crippen LogP contribution in [-0.4, -0.2) is 46.1 Å². The average Bonchev–Trinajstić information content (AvgIpc) is 3.12. The molecule has 1 aromatic heterocycles. The number of aromatic nitrogens is 2. The molecule has 6 nitrogen and oxygen atoms in total. The summed E-state index contributed by atoms with van der Waals surface area (Å²) < 4.78 is 1.80. The number of thioether (sulfide) groups is 1. The summed E-state index contributed by atoms with van der Waals surface area (Å²) in [6, 6.07) is 18.7. The minimum atomic E-state index is -0.269. The predicted molar refractivity (Wildman–Crippen MR) is 107 cm³/mol. The molecular formula is C20H20N4O2S. The molecule has 1 heterocycles. The van der Waals surface area contributed by atoms with E-state index in [4.69, 9.17) is 0 Å². The van der Waals surface area contributed by atoms with Gasteiger partial charge in [-0.05, 0) is 30.5 Å². The van der Waals surface area contributed by atoms with Crippen molar-refractivity contribution in [1.82, 2.24) is 14.5 Å². The van der Waals surface area contributed by atoms with Crippen molar-refractivity contribution in [3.8, 4) is 5.69 Å². The lowest BCUT2D eigenvalue weighted by Crippen LogP contribution is -2.35. The minimum absolute atomic E-state index is 0.0533. The number of rotatable bonds is 6. The number of hydrogen-bond donors (Lipinski definition) is 1. The van der Waals surface area contributed by atoms with Crippen molar-refractivity contribution >= 4 is 29.3 Å².